The molecule has 1 aromatic carbocycles. The van der Waals surface area contributed by atoms with Crippen molar-refractivity contribution in [1.29, 1.82) is 0 Å². The van der Waals surface area contributed by atoms with Crippen LogP contribution in [0.15, 0.2) is 30.3 Å². The van der Waals surface area contributed by atoms with E-state index in [9.17, 15) is 4.79 Å². The van der Waals surface area contributed by atoms with Gasteiger partial charge in [-0.05, 0) is 32.4 Å². The summed E-state index contributed by atoms with van der Waals surface area (Å²) in [5, 5.41) is 6.01. The molecule has 0 saturated heterocycles. The number of carbonyl (C=O) groups is 1. The Bertz CT molecular complexity index is 623. The SMILES string of the molecule is CCCNc1cc(C(=O)Nc2ccc(C)cc2)nc(C)n1. The molecule has 1 aromatic heterocycles. The van der Waals surface area contributed by atoms with Gasteiger partial charge in [-0.3, -0.25) is 4.79 Å². The summed E-state index contributed by atoms with van der Waals surface area (Å²) in [6.45, 7) is 6.67. The second kappa shape index (κ2) is 6.83. The van der Waals surface area contributed by atoms with E-state index in [2.05, 4.69) is 27.5 Å². The third-order valence-corrected chi connectivity index (χ3v) is 2.94. The summed E-state index contributed by atoms with van der Waals surface area (Å²) in [6.07, 6.45) is 0.994. The van der Waals surface area contributed by atoms with Gasteiger partial charge in [0.15, 0.2) is 0 Å². The Balaban J connectivity index is 2.14. The van der Waals surface area contributed by atoms with Crippen LogP contribution in [0.3, 0.4) is 0 Å². The van der Waals surface area contributed by atoms with Crippen molar-refractivity contribution in [3.63, 3.8) is 0 Å². The van der Waals surface area contributed by atoms with Crippen molar-refractivity contribution >= 4 is 17.4 Å². The summed E-state index contributed by atoms with van der Waals surface area (Å²) in [7, 11) is 0. The van der Waals surface area contributed by atoms with Crippen LogP contribution < -0.4 is 10.6 Å². The predicted octanol–water partition coefficient (Wildman–Crippen LogP) is 3.17. The fraction of sp³-hybridized carbons (Fsp3) is 0.312. The Morgan fingerprint density at radius 3 is 2.52 bits per heavy atom. The van der Waals surface area contributed by atoms with Gasteiger partial charge in [-0.1, -0.05) is 24.6 Å². The van der Waals surface area contributed by atoms with Crippen LogP contribution in [0.25, 0.3) is 0 Å². The van der Waals surface area contributed by atoms with Crippen molar-refractivity contribution < 1.29 is 4.79 Å². The van der Waals surface area contributed by atoms with Crippen LogP contribution >= 0.6 is 0 Å². The van der Waals surface area contributed by atoms with Crippen molar-refractivity contribution in [3.05, 3.63) is 47.4 Å². The number of hydrogen-bond acceptors (Lipinski definition) is 4. The highest BCUT2D eigenvalue weighted by molar-refractivity contribution is 6.03. The lowest BCUT2D eigenvalue weighted by molar-refractivity contribution is 0.102. The number of aromatic nitrogens is 2. The first kappa shape index (κ1) is 15.0. The Morgan fingerprint density at radius 1 is 1.14 bits per heavy atom. The van der Waals surface area contributed by atoms with Gasteiger partial charge in [0.1, 0.15) is 17.3 Å². The molecule has 21 heavy (non-hydrogen) atoms. The minimum atomic E-state index is -0.232. The largest absolute Gasteiger partial charge is 0.370 e. The maximum Gasteiger partial charge on any atom is 0.274 e. The van der Waals surface area contributed by atoms with E-state index in [0.717, 1.165) is 24.2 Å². The van der Waals surface area contributed by atoms with Crippen LogP contribution in [0.5, 0.6) is 0 Å². The number of anilines is 2. The minimum Gasteiger partial charge on any atom is -0.370 e. The lowest BCUT2D eigenvalue weighted by Crippen LogP contribution is -2.16. The fourth-order valence-corrected chi connectivity index (χ4v) is 1.86. The van der Waals surface area contributed by atoms with E-state index in [1.807, 2.05) is 31.2 Å². The number of nitrogens with one attached hydrogen (secondary N) is 2. The van der Waals surface area contributed by atoms with Gasteiger partial charge in [0, 0.05) is 18.3 Å². The first-order chi connectivity index (χ1) is 10.1. The molecule has 0 saturated carbocycles. The molecule has 0 aliphatic heterocycles. The molecular formula is C16H20N4O. The Labute approximate surface area is 124 Å². The molecule has 2 N–H and O–H groups in total. The topological polar surface area (TPSA) is 66.9 Å². The lowest BCUT2D eigenvalue weighted by atomic mass is 10.2. The summed E-state index contributed by atoms with van der Waals surface area (Å²) < 4.78 is 0. The van der Waals surface area contributed by atoms with Gasteiger partial charge in [-0.2, -0.15) is 0 Å². The zero-order chi connectivity index (χ0) is 15.2. The maximum atomic E-state index is 12.2. The van der Waals surface area contributed by atoms with Gasteiger partial charge in [0.25, 0.3) is 5.91 Å². The molecule has 0 bridgehead atoms. The molecule has 0 fully saturated rings. The molecule has 5 heteroatoms. The van der Waals surface area contributed by atoms with Gasteiger partial charge in [-0.25, -0.2) is 9.97 Å². The summed E-state index contributed by atoms with van der Waals surface area (Å²) in [6, 6.07) is 9.32. The number of benzene rings is 1. The highest BCUT2D eigenvalue weighted by Crippen LogP contribution is 2.12. The van der Waals surface area contributed by atoms with E-state index in [0.29, 0.717) is 17.3 Å². The Morgan fingerprint density at radius 2 is 1.86 bits per heavy atom. The van der Waals surface area contributed by atoms with Crippen molar-refractivity contribution in [3.8, 4) is 0 Å². The summed E-state index contributed by atoms with van der Waals surface area (Å²) in [4.78, 5) is 20.7. The molecular weight excluding hydrogens is 264 g/mol. The van der Waals surface area contributed by atoms with Gasteiger partial charge < -0.3 is 10.6 Å². The van der Waals surface area contributed by atoms with Crippen molar-refractivity contribution in [1.82, 2.24) is 9.97 Å². The highest BCUT2D eigenvalue weighted by Gasteiger charge is 2.10. The van der Waals surface area contributed by atoms with E-state index in [-0.39, 0.29) is 5.91 Å². The second-order valence-electron chi connectivity index (χ2n) is 4.93. The molecule has 0 aliphatic carbocycles. The molecule has 2 rings (SSSR count). The average Bonchev–Trinajstić information content (AvgIpc) is 2.47. The zero-order valence-corrected chi connectivity index (χ0v) is 12.6. The third-order valence-electron chi connectivity index (χ3n) is 2.94. The Hall–Kier alpha value is -2.43. The summed E-state index contributed by atoms with van der Waals surface area (Å²) in [5.41, 5.74) is 2.27. The normalized spacial score (nSPS) is 10.2. The van der Waals surface area contributed by atoms with E-state index in [4.69, 9.17) is 0 Å². The fourth-order valence-electron chi connectivity index (χ4n) is 1.86. The van der Waals surface area contributed by atoms with Gasteiger partial charge in [0.2, 0.25) is 0 Å². The molecule has 5 nitrogen and oxygen atoms in total. The molecule has 1 amide bonds. The molecule has 0 unspecified atom stereocenters. The molecule has 0 spiro atoms. The monoisotopic (exact) mass is 284 g/mol. The van der Waals surface area contributed by atoms with Crippen molar-refractivity contribution in [2.75, 3.05) is 17.2 Å². The molecule has 0 atom stereocenters. The van der Waals surface area contributed by atoms with Gasteiger partial charge in [-0.15, -0.1) is 0 Å². The third kappa shape index (κ3) is 4.27. The predicted molar refractivity (Wildman–Crippen MR) is 84.7 cm³/mol. The zero-order valence-electron chi connectivity index (χ0n) is 12.6. The van der Waals surface area contributed by atoms with E-state index >= 15 is 0 Å². The first-order valence-corrected chi connectivity index (χ1v) is 7.06. The van der Waals surface area contributed by atoms with Gasteiger partial charge >= 0.3 is 0 Å². The second-order valence-corrected chi connectivity index (χ2v) is 4.93. The minimum absolute atomic E-state index is 0.232. The molecule has 110 valence electrons. The molecule has 0 aliphatic rings. The van der Waals surface area contributed by atoms with E-state index < -0.39 is 0 Å². The van der Waals surface area contributed by atoms with Crippen LogP contribution in [-0.2, 0) is 0 Å². The molecule has 1 heterocycles. The maximum absolute atomic E-state index is 12.2. The highest BCUT2D eigenvalue weighted by atomic mass is 16.1. The van der Waals surface area contributed by atoms with Crippen LogP contribution in [0.1, 0.15) is 35.2 Å². The number of carbonyl (C=O) groups excluding carboxylic acids is 1. The average molecular weight is 284 g/mol. The number of rotatable bonds is 5. The van der Waals surface area contributed by atoms with Crippen LogP contribution in [-0.4, -0.2) is 22.4 Å². The summed E-state index contributed by atoms with van der Waals surface area (Å²) >= 11 is 0. The first-order valence-electron chi connectivity index (χ1n) is 7.06. The van der Waals surface area contributed by atoms with Crippen molar-refractivity contribution in [2.24, 2.45) is 0 Å². The van der Waals surface area contributed by atoms with Crippen LogP contribution in [0.4, 0.5) is 11.5 Å². The Kier molecular flexibility index (Phi) is 4.87. The number of hydrogen-bond donors (Lipinski definition) is 2. The smallest absolute Gasteiger partial charge is 0.274 e. The lowest BCUT2D eigenvalue weighted by Gasteiger charge is -2.08. The van der Waals surface area contributed by atoms with Crippen LogP contribution in [0.2, 0.25) is 0 Å². The van der Waals surface area contributed by atoms with E-state index in [1.54, 1.807) is 13.0 Å². The standard InChI is InChI=1S/C16H20N4O/c1-4-9-17-15-10-14(18-12(3)19-15)16(21)20-13-7-5-11(2)6-8-13/h5-8,10H,4,9H2,1-3H3,(H,20,21)(H,17,18,19). The molecule has 2 aromatic rings. The van der Waals surface area contributed by atoms with Gasteiger partial charge in [0.05, 0.1) is 0 Å². The number of aryl methyl sites for hydroxylation is 2. The van der Waals surface area contributed by atoms with E-state index in [1.165, 1.54) is 0 Å². The van der Waals surface area contributed by atoms with Crippen molar-refractivity contribution in [2.45, 2.75) is 27.2 Å². The van der Waals surface area contributed by atoms with Crippen LogP contribution in [0, 0.1) is 13.8 Å². The summed E-state index contributed by atoms with van der Waals surface area (Å²) in [5.74, 6) is 1.02. The quantitative estimate of drug-likeness (QED) is 0.885. The molecule has 0 radical (unpaired) electrons. The number of nitrogens with zero attached hydrogens (tertiary/aromatic N) is 2. The number of amides is 1.